The predicted molar refractivity (Wildman–Crippen MR) is 93.5 cm³/mol. The molecule has 0 saturated heterocycles. The van der Waals surface area contributed by atoms with Gasteiger partial charge in [-0.3, -0.25) is 0 Å². The number of ether oxygens (including phenoxy) is 2. The molecule has 132 valence electrons. The highest BCUT2D eigenvalue weighted by Gasteiger charge is 2.23. The van der Waals surface area contributed by atoms with Gasteiger partial charge in [0.05, 0.1) is 12.2 Å². The van der Waals surface area contributed by atoms with Crippen molar-refractivity contribution < 1.29 is 18.7 Å². The summed E-state index contributed by atoms with van der Waals surface area (Å²) in [6, 6.07) is 9.00. The maximum Gasteiger partial charge on any atom is 0.348 e. The van der Waals surface area contributed by atoms with Crippen LogP contribution >= 0.6 is 11.3 Å². The molecule has 0 spiro atoms. The Morgan fingerprint density at radius 2 is 2.15 bits per heavy atom. The normalized spacial score (nSPS) is 10.3. The van der Waals surface area contributed by atoms with E-state index in [1.54, 1.807) is 31.2 Å². The highest BCUT2D eigenvalue weighted by Crippen LogP contribution is 2.32. The summed E-state index contributed by atoms with van der Waals surface area (Å²) >= 11 is 1.02. The van der Waals surface area contributed by atoms with Gasteiger partial charge in [-0.2, -0.15) is 5.26 Å². The van der Waals surface area contributed by atoms with Crippen LogP contribution in [-0.2, 0) is 11.3 Å². The summed E-state index contributed by atoms with van der Waals surface area (Å²) in [6.45, 7) is 1.96. The number of anilines is 1. The maximum absolute atomic E-state index is 12.1. The van der Waals surface area contributed by atoms with Crippen LogP contribution in [0.4, 0.5) is 5.00 Å². The zero-order valence-corrected chi connectivity index (χ0v) is 14.6. The van der Waals surface area contributed by atoms with Gasteiger partial charge in [0.25, 0.3) is 0 Å². The number of carbonyl (C=O) groups excluding carboxylic acids is 1. The second-order valence-corrected chi connectivity index (χ2v) is 6.09. The van der Waals surface area contributed by atoms with Crippen molar-refractivity contribution in [3.8, 4) is 23.3 Å². The van der Waals surface area contributed by atoms with Crippen LogP contribution in [0.25, 0.3) is 11.5 Å². The fraction of sp³-hybridized carbons (Fsp3) is 0.176. The lowest BCUT2D eigenvalue weighted by Gasteiger charge is -2.08. The van der Waals surface area contributed by atoms with E-state index in [0.717, 1.165) is 16.9 Å². The van der Waals surface area contributed by atoms with Crippen molar-refractivity contribution in [3.63, 3.8) is 0 Å². The van der Waals surface area contributed by atoms with Gasteiger partial charge in [-0.05, 0) is 31.2 Å². The first kappa shape index (κ1) is 17.4. The number of nitrogen functional groups attached to an aromatic ring is 1. The van der Waals surface area contributed by atoms with Gasteiger partial charge < -0.3 is 19.6 Å². The molecule has 0 radical (unpaired) electrons. The molecule has 26 heavy (non-hydrogen) atoms. The van der Waals surface area contributed by atoms with E-state index >= 15 is 0 Å². The Morgan fingerprint density at radius 1 is 1.38 bits per heavy atom. The average Bonchev–Trinajstić information content (AvgIpc) is 3.28. The summed E-state index contributed by atoms with van der Waals surface area (Å²) in [5.41, 5.74) is 7.25. The van der Waals surface area contributed by atoms with Crippen LogP contribution in [-0.4, -0.2) is 22.8 Å². The largest absolute Gasteiger partial charge is 0.489 e. The maximum atomic E-state index is 12.1. The lowest BCUT2D eigenvalue weighted by molar-refractivity contribution is 0.0529. The van der Waals surface area contributed by atoms with E-state index < -0.39 is 5.97 Å². The van der Waals surface area contributed by atoms with Crippen molar-refractivity contribution in [1.29, 1.82) is 5.26 Å². The number of hydrogen-bond donors (Lipinski definition) is 1. The van der Waals surface area contributed by atoms with Crippen molar-refractivity contribution in [2.75, 3.05) is 12.3 Å². The Bertz CT molecular complexity index is 943. The zero-order chi connectivity index (χ0) is 18.5. The topological polar surface area (TPSA) is 124 Å². The van der Waals surface area contributed by atoms with Crippen LogP contribution in [0.2, 0.25) is 0 Å². The van der Waals surface area contributed by atoms with Crippen LogP contribution < -0.4 is 10.5 Å². The van der Waals surface area contributed by atoms with Gasteiger partial charge in [-0.1, -0.05) is 0 Å². The summed E-state index contributed by atoms with van der Waals surface area (Å²) < 4.78 is 15.9. The third kappa shape index (κ3) is 3.50. The predicted octanol–water partition coefficient (Wildman–Crippen LogP) is 3.01. The number of aromatic nitrogens is 2. The third-order valence-corrected chi connectivity index (χ3v) is 4.49. The Hall–Kier alpha value is -3.38. The van der Waals surface area contributed by atoms with Gasteiger partial charge >= 0.3 is 5.97 Å². The van der Waals surface area contributed by atoms with E-state index in [1.807, 2.05) is 6.07 Å². The van der Waals surface area contributed by atoms with Gasteiger partial charge in [0.2, 0.25) is 12.3 Å². The molecule has 2 aromatic heterocycles. The molecule has 0 atom stereocenters. The van der Waals surface area contributed by atoms with Crippen LogP contribution in [0.5, 0.6) is 5.75 Å². The molecule has 3 aromatic rings. The monoisotopic (exact) mass is 370 g/mol. The van der Waals surface area contributed by atoms with Crippen molar-refractivity contribution in [2.24, 2.45) is 0 Å². The van der Waals surface area contributed by atoms with Crippen molar-refractivity contribution in [1.82, 2.24) is 10.2 Å². The number of esters is 1. The zero-order valence-electron chi connectivity index (χ0n) is 13.8. The van der Waals surface area contributed by atoms with E-state index in [9.17, 15) is 10.1 Å². The summed E-state index contributed by atoms with van der Waals surface area (Å²) in [7, 11) is 0. The molecule has 3 rings (SSSR count). The first-order valence-electron chi connectivity index (χ1n) is 7.61. The summed E-state index contributed by atoms with van der Waals surface area (Å²) in [5, 5.41) is 17.0. The molecule has 0 aliphatic rings. The molecule has 0 aliphatic heterocycles. The molecular weight excluding hydrogens is 356 g/mol. The molecule has 0 fully saturated rings. The Labute approximate surface area is 152 Å². The number of carbonyl (C=O) groups is 1. The summed E-state index contributed by atoms with van der Waals surface area (Å²) in [4.78, 5) is 12.4. The number of nitrogens with zero attached hydrogens (tertiary/aromatic N) is 3. The van der Waals surface area contributed by atoms with Gasteiger partial charge in [0.15, 0.2) is 0 Å². The van der Waals surface area contributed by atoms with Gasteiger partial charge in [-0.15, -0.1) is 21.5 Å². The van der Waals surface area contributed by atoms with E-state index in [0.29, 0.717) is 17.2 Å². The molecule has 0 bridgehead atoms. The van der Waals surface area contributed by atoms with E-state index in [2.05, 4.69) is 10.2 Å². The fourth-order valence-corrected chi connectivity index (χ4v) is 3.17. The van der Waals surface area contributed by atoms with Crippen molar-refractivity contribution >= 4 is 22.3 Å². The summed E-state index contributed by atoms with van der Waals surface area (Å²) in [6.07, 6.45) is 1.25. The second kappa shape index (κ2) is 7.67. The van der Waals surface area contributed by atoms with E-state index in [4.69, 9.17) is 19.6 Å². The van der Waals surface area contributed by atoms with Crippen molar-refractivity contribution in [2.45, 2.75) is 13.5 Å². The lowest BCUT2D eigenvalue weighted by Crippen LogP contribution is -2.08. The highest BCUT2D eigenvalue weighted by molar-refractivity contribution is 7.18. The minimum Gasteiger partial charge on any atom is -0.489 e. The third-order valence-electron chi connectivity index (χ3n) is 3.45. The van der Waals surface area contributed by atoms with E-state index in [-0.39, 0.29) is 28.7 Å². The average molecular weight is 370 g/mol. The van der Waals surface area contributed by atoms with Gasteiger partial charge in [0.1, 0.15) is 28.3 Å². The molecule has 0 saturated carbocycles. The molecule has 0 aliphatic carbocycles. The molecule has 2 heterocycles. The van der Waals surface area contributed by atoms with Gasteiger partial charge in [-0.25, -0.2) is 4.79 Å². The fourth-order valence-electron chi connectivity index (χ4n) is 2.25. The minimum absolute atomic E-state index is 0.0185. The molecule has 9 heteroatoms. The van der Waals surface area contributed by atoms with Crippen LogP contribution in [0.1, 0.15) is 27.7 Å². The standard InChI is InChI=1S/C17H14N4O4S/c1-2-23-17(22)14-13(12(7-18)15(19)26-14)8-24-11-5-3-10(4-6-11)16-21-20-9-25-16/h3-6,9H,2,8,19H2,1H3. The minimum atomic E-state index is -0.518. The number of hydrogen-bond acceptors (Lipinski definition) is 9. The van der Waals surface area contributed by atoms with Crippen molar-refractivity contribution in [3.05, 3.63) is 46.7 Å². The molecule has 8 nitrogen and oxygen atoms in total. The number of nitrogens with two attached hydrogens (primary N) is 1. The number of benzene rings is 1. The molecular formula is C17H14N4O4S. The number of thiophene rings is 1. The van der Waals surface area contributed by atoms with Gasteiger partial charge in [0, 0.05) is 11.1 Å². The lowest BCUT2D eigenvalue weighted by atomic mass is 10.1. The smallest absolute Gasteiger partial charge is 0.348 e. The molecule has 0 unspecified atom stereocenters. The van der Waals surface area contributed by atoms with E-state index in [1.165, 1.54) is 6.39 Å². The Balaban J connectivity index is 1.79. The Morgan fingerprint density at radius 3 is 2.77 bits per heavy atom. The Kier molecular flexibility index (Phi) is 5.15. The molecule has 0 amide bonds. The van der Waals surface area contributed by atoms with Crippen LogP contribution in [0.3, 0.4) is 0 Å². The summed E-state index contributed by atoms with van der Waals surface area (Å²) in [5.74, 6) is 0.436. The first-order valence-corrected chi connectivity index (χ1v) is 8.43. The highest BCUT2D eigenvalue weighted by atomic mass is 32.1. The van der Waals surface area contributed by atoms with Crippen LogP contribution in [0.15, 0.2) is 35.1 Å². The molecule has 2 N–H and O–H groups in total. The number of nitriles is 1. The SMILES string of the molecule is CCOC(=O)c1sc(N)c(C#N)c1COc1ccc(-c2nnco2)cc1. The number of rotatable bonds is 6. The first-order chi connectivity index (χ1) is 12.6. The quantitative estimate of drug-likeness (QED) is 0.657. The van der Waals surface area contributed by atoms with Crippen LogP contribution in [0, 0.1) is 11.3 Å². The second-order valence-electron chi connectivity index (χ2n) is 5.04. The molecule has 1 aromatic carbocycles.